The van der Waals surface area contributed by atoms with Gasteiger partial charge in [-0.2, -0.15) is 0 Å². The molecule has 0 amide bonds. The van der Waals surface area contributed by atoms with Crippen LogP contribution in [0.5, 0.6) is 0 Å². The van der Waals surface area contributed by atoms with E-state index in [1.165, 1.54) is 22.3 Å². The van der Waals surface area contributed by atoms with Crippen LogP contribution >= 0.6 is 0 Å². The van der Waals surface area contributed by atoms with Gasteiger partial charge in [0.1, 0.15) is 0 Å². The van der Waals surface area contributed by atoms with Crippen molar-refractivity contribution in [3.8, 4) is 11.1 Å². The average molecular weight is 558 g/mol. The number of hydrogen-bond donors (Lipinski definition) is 0. The summed E-state index contributed by atoms with van der Waals surface area (Å²) < 4.78 is 1.51. The molecule has 0 saturated carbocycles. The number of fused-ring (bicyclic) bond motifs is 2. The molecule has 2 unspecified atom stereocenters. The second-order valence-corrected chi connectivity index (χ2v) is 24.4. The van der Waals surface area contributed by atoms with Crippen LogP contribution in [0.3, 0.4) is 0 Å². The maximum Gasteiger partial charge on any atom is -1.00 e. The Labute approximate surface area is 215 Å². The van der Waals surface area contributed by atoms with Crippen LogP contribution in [-0.4, -0.2) is 6.65 Å². The molecule has 0 N–H and O–H groups in total. The minimum Gasteiger partial charge on any atom is -1.00 e. The predicted molar refractivity (Wildman–Crippen MR) is 132 cm³/mol. The van der Waals surface area contributed by atoms with Crippen molar-refractivity contribution in [2.24, 2.45) is 0 Å². The molecule has 0 aromatic heterocycles. The van der Waals surface area contributed by atoms with Crippen molar-refractivity contribution in [2.45, 2.75) is 34.6 Å². The molecule has 0 bridgehead atoms. The third-order valence-electron chi connectivity index (χ3n) is 6.34. The van der Waals surface area contributed by atoms with Crippen LogP contribution in [0.1, 0.15) is 50.3 Å². The molecule has 0 nitrogen and oxygen atoms in total. The molecule has 4 heteroatoms. The molecule has 3 aromatic rings. The molecule has 2 aliphatic rings. The molecule has 5 rings (SSSR count). The maximum absolute atomic E-state index is 2.58. The maximum atomic E-state index is 2.58. The molecular formula is C28H31Cl2SiZr. The Morgan fingerprint density at radius 1 is 0.781 bits per heavy atom. The van der Waals surface area contributed by atoms with E-state index in [4.69, 9.17) is 0 Å². The minimum atomic E-state index is -1.69. The van der Waals surface area contributed by atoms with Crippen molar-refractivity contribution in [3.05, 3.63) is 107 Å². The Morgan fingerprint density at radius 3 is 2.16 bits per heavy atom. The predicted octanol–water partition coefficient (Wildman–Crippen LogP) is 1.36. The van der Waals surface area contributed by atoms with E-state index in [9.17, 15) is 0 Å². The van der Waals surface area contributed by atoms with Gasteiger partial charge in [0.25, 0.3) is 0 Å². The standard InChI is InChI=1S/C16H13.C9H7.C2H6.CH5Si.2ClH.Zr/c1-12-10-14-8-5-9-15(16(14)11-12)13-6-3-2-4-7-13;1-2-5-9-7-3-6-8(9)4-1;2*1-2;;;/h2-11H,1H3;1-7H;1-2H3;2H2,1H3;2*1H;/q;;;;;;+2/p-2. The van der Waals surface area contributed by atoms with Gasteiger partial charge in [-0.25, -0.2) is 0 Å². The van der Waals surface area contributed by atoms with Gasteiger partial charge in [-0.15, -0.1) is 0 Å². The Kier molecular flexibility index (Phi) is 10.4. The largest absolute Gasteiger partial charge is 1.00 e. The quantitative estimate of drug-likeness (QED) is 0.426. The van der Waals surface area contributed by atoms with Crippen molar-refractivity contribution in [1.82, 2.24) is 0 Å². The smallest absolute Gasteiger partial charge is 1.00 e. The van der Waals surface area contributed by atoms with Crippen molar-refractivity contribution >= 4 is 18.8 Å². The van der Waals surface area contributed by atoms with Crippen LogP contribution in [0.2, 0.25) is 6.55 Å². The van der Waals surface area contributed by atoms with Gasteiger partial charge < -0.3 is 24.8 Å². The van der Waals surface area contributed by atoms with E-state index >= 15 is 0 Å². The number of allylic oxidation sites excluding steroid dienone is 2. The van der Waals surface area contributed by atoms with Gasteiger partial charge in [-0.1, -0.05) is 13.8 Å². The third kappa shape index (κ3) is 5.00. The second-order valence-electron chi connectivity index (χ2n) is 7.89. The molecule has 0 spiro atoms. The van der Waals surface area contributed by atoms with Gasteiger partial charge in [0.2, 0.25) is 0 Å². The molecule has 165 valence electrons. The van der Waals surface area contributed by atoms with Crippen molar-refractivity contribution in [3.63, 3.8) is 0 Å². The Bertz CT molecular complexity index is 1090. The van der Waals surface area contributed by atoms with Gasteiger partial charge in [0.05, 0.1) is 0 Å². The van der Waals surface area contributed by atoms with Crippen molar-refractivity contribution < 1.29 is 45.7 Å². The Hall–Kier alpha value is -1.18. The molecular weight excluding hydrogens is 527 g/mol. The van der Waals surface area contributed by atoms with Crippen molar-refractivity contribution in [1.29, 1.82) is 0 Å². The van der Waals surface area contributed by atoms with E-state index in [-0.39, 0.29) is 31.5 Å². The monoisotopic (exact) mass is 555 g/mol. The minimum absolute atomic E-state index is 0. The van der Waals surface area contributed by atoms with Crippen LogP contribution in [-0.2, 0) is 20.9 Å². The summed E-state index contributed by atoms with van der Waals surface area (Å²) in [7, 11) is 0. The normalized spacial score (nSPS) is 17.4. The van der Waals surface area contributed by atoms with E-state index in [1.54, 1.807) is 16.7 Å². The summed E-state index contributed by atoms with van der Waals surface area (Å²) in [5.41, 5.74) is 10.6. The average Bonchev–Trinajstić information content (AvgIpc) is 3.38. The zero-order valence-corrected chi connectivity index (χ0v) is 24.7. The van der Waals surface area contributed by atoms with Crippen LogP contribution in [0, 0.1) is 0 Å². The number of benzene rings is 3. The molecule has 32 heavy (non-hydrogen) atoms. The van der Waals surface area contributed by atoms with E-state index in [0.29, 0.717) is 0 Å². The summed E-state index contributed by atoms with van der Waals surface area (Å²) in [5.74, 6) is 0. The summed E-state index contributed by atoms with van der Waals surface area (Å²) in [6.07, 6.45) is 7.46. The molecule has 0 radical (unpaired) electrons. The Morgan fingerprint density at radius 2 is 1.44 bits per heavy atom. The molecule has 0 aliphatic heterocycles. The van der Waals surface area contributed by atoms with Gasteiger partial charge in [-0.3, -0.25) is 0 Å². The van der Waals surface area contributed by atoms with E-state index in [0.717, 1.165) is 7.25 Å². The van der Waals surface area contributed by atoms with Crippen LogP contribution in [0.25, 0.3) is 23.3 Å². The first kappa shape index (κ1) is 27.1. The fraction of sp³-hybridized carbons (Fsp3) is 0.214. The first-order chi connectivity index (χ1) is 14.8. The molecule has 0 fully saturated rings. The van der Waals surface area contributed by atoms with Crippen LogP contribution in [0.15, 0.2) is 84.4 Å². The van der Waals surface area contributed by atoms with Gasteiger partial charge >= 0.3 is 178 Å². The summed E-state index contributed by atoms with van der Waals surface area (Å²) in [4.78, 5) is 0. The third-order valence-corrected chi connectivity index (χ3v) is 25.1. The van der Waals surface area contributed by atoms with Gasteiger partial charge in [0.15, 0.2) is 0 Å². The van der Waals surface area contributed by atoms with Crippen LogP contribution < -0.4 is 24.8 Å². The van der Waals surface area contributed by atoms with Crippen molar-refractivity contribution in [2.75, 3.05) is 0 Å². The molecule has 3 aromatic carbocycles. The zero-order valence-electron chi connectivity index (χ0n) is 19.3. The van der Waals surface area contributed by atoms with Gasteiger partial charge in [-0.05, 0) is 0 Å². The molecule has 0 heterocycles. The SMILES string of the molecule is CC.C[SiH2][Zr+2]([CH]1C=Cc2ccccc21)[CH]1C(C)=Cc2c(-c3ccccc3)cccc21.[Cl-].[Cl-]. The summed E-state index contributed by atoms with van der Waals surface area (Å²) >= 11 is -1.69. The fourth-order valence-electron chi connectivity index (χ4n) is 5.09. The summed E-state index contributed by atoms with van der Waals surface area (Å²) in [6, 6.07) is 27.0. The first-order valence-corrected chi connectivity index (χ1v) is 21.4. The number of halogens is 2. The summed E-state index contributed by atoms with van der Waals surface area (Å²) in [6.45, 7) is 8.96. The van der Waals surface area contributed by atoms with E-state index in [1.807, 2.05) is 13.8 Å². The first-order valence-electron chi connectivity index (χ1n) is 11.3. The number of rotatable bonds is 4. The fourth-order valence-corrected chi connectivity index (χ4v) is 24.1. The van der Waals surface area contributed by atoms with E-state index < -0.39 is 20.9 Å². The van der Waals surface area contributed by atoms with E-state index in [2.05, 4.69) is 104 Å². The van der Waals surface area contributed by atoms with Gasteiger partial charge in [0, 0.05) is 0 Å². The summed E-state index contributed by atoms with van der Waals surface area (Å²) in [5, 5.41) is 0. The molecule has 2 atom stereocenters. The molecule has 2 aliphatic carbocycles. The second kappa shape index (κ2) is 12.3. The number of hydrogen-bond acceptors (Lipinski definition) is 0. The molecule has 0 saturated heterocycles. The van der Waals surface area contributed by atoms with Crippen LogP contribution in [0.4, 0.5) is 0 Å². The zero-order chi connectivity index (χ0) is 21.1. The topological polar surface area (TPSA) is 0 Å². The Balaban J connectivity index is 0.000000884.